The van der Waals surface area contributed by atoms with Gasteiger partial charge >= 0.3 is 6.09 Å². The SMILES string of the molecule is C=CCCCCCCCCN(CCO)C(=O)O. The molecule has 0 saturated heterocycles. The van der Waals surface area contributed by atoms with Gasteiger partial charge < -0.3 is 15.1 Å². The van der Waals surface area contributed by atoms with Crippen molar-refractivity contribution in [3.8, 4) is 0 Å². The number of carboxylic acid groups (broad SMARTS) is 1. The zero-order valence-electron chi connectivity index (χ0n) is 10.6. The summed E-state index contributed by atoms with van der Waals surface area (Å²) in [4.78, 5) is 12.0. The highest BCUT2D eigenvalue weighted by atomic mass is 16.4. The van der Waals surface area contributed by atoms with Gasteiger partial charge in [-0.1, -0.05) is 31.8 Å². The Morgan fingerprint density at radius 3 is 2.18 bits per heavy atom. The number of rotatable bonds is 11. The number of nitrogens with zero attached hydrogens (tertiary/aromatic N) is 1. The standard InChI is InChI=1S/C13H25NO3/c1-2-3-4-5-6-7-8-9-10-14(11-12-15)13(16)17/h2,15H,1,3-12H2,(H,16,17). The van der Waals surface area contributed by atoms with Gasteiger partial charge in [-0.25, -0.2) is 4.79 Å². The summed E-state index contributed by atoms with van der Waals surface area (Å²) in [6.45, 7) is 4.32. The Hall–Kier alpha value is -1.03. The molecule has 0 aromatic rings. The van der Waals surface area contributed by atoms with Crippen LogP contribution in [0.3, 0.4) is 0 Å². The van der Waals surface area contributed by atoms with Gasteiger partial charge in [0.1, 0.15) is 0 Å². The van der Waals surface area contributed by atoms with Crippen LogP contribution >= 0.6 is 0 Å². The van der Waals surface area contributed by atoms with Crippen LogP contribution in [0.1, 0.15) is 44.9 Å². The van der Waals surface area contributed by atoms with Crippen LogP contribution < -0.4 is 0 Å². The second-order valence-electron chi connectivity index (χ2n) is 4.19. The van der Waals surface area contributed by atoms with E-state index in [0.29, 0.717) is 6.54 Å². The first kappa shape index (κ1) is 16.0. The van der Waals surface area contributed by atoms with E-state index in [4.69, 9.17) is 10.2 Å². The lowest BCUT2D eigenvalue weighted by atomic mass is 10.1. The Kier molecular flexibility index (Phi) is 10.8. The predicted molar refractivity (Wildman–Crippen MR) is 69.2 cm³/mol. The van der Waals surface area contributed by atoms with Gasteiger partial charge in [-0.05, 0) is 19.3 Å². The summed E-state index contributed by atoms with van der Waals surface area (Å²) in [6, 6.07) is 0. The Bertz CT molecular complexity index is 207. The second kappa shape index (κ2) is 11.5. The third-order valence-corrected chi connectivity index (χ3v) is 2.73. The first-order valence-electron chi connectivity index (χ1n) is 6.42. The zero-order valence-corrected chi connectivity index (χ0v) is 10.6. The van der Waals surface area contributed by atoms with Crippen molar-refractivity contribution in [2.75, 3.05) is 19.7 Å². The molecule has 0 heterocycles. The quantitative estimate of drug-likeness (QED) is 0.433. The molecule has 0 aliphatic heterocycles. The molecule has 17 heavy (non-hydrogen) atoms. The highest BCUT2D eigenvalue weighted by Crippen LogP contribution is 2.08. The maximum Gasteiger partial charge on any atom is 0.407 e. The van der Waals surface area contributed by atoms with Crippen molar-refractivity contribution in [2.45, 2.75) is 44.9 Å². The number of amides is 1. The molecule has 0 radical (unpaired) electrons. The lowest BCUT2D eigenvalue weighted by Crippen LogP contribution is -2.33. The zero-order chi connectivity index (χ0) is 12.9. The molecule has 0 saturated carbocycles. The first-order valence-corrected chi connectivity index (χ1v) is 6.42. The average Bonchev–Trinajstić information content (AvgIpc) is 2.31. The van der Waals surface area contributed by atoms with E-state index in [2.05, 4.69) is 6.58 Å². The van der Waals surface area contributed by atoms with Gasteiger partial charge in [0.25, 0.3) is 0 Å². The summed E-state index contributed by atoms with van der Waals surface area (Å²) in [7, 11) is 0. The van der Waals surface area contributed by atoms with Crippen molar-refractivity contribution in [2.24, 2.45) is 0 Å². The summed E-state index contributed by atoms with van der Waals surface area (Å²) in [5, 5.41) is 17.5. The molecule has 0 aliphatic rings. The third-order valence-electron chi connectivity index (χ3n) is 2.73. The van der Waals surface area contributed by atoms with Crippen molar-refractivity contribution in [1.82, 2.24) is 4.90 Å². The molecular formula is C13H25NO3. The molecule has 0 atom stereocenters. The summed E-state index contributed by atoms with van der Waals surface area (Å²) >= 11 is 0. The number of hydrogen-bond acceptors (Lipinski definition) is 2. The van der Waals surface area contributed by atoms with E-state index >= 15 is 0 Å². The number of hydrogen-bond donors (Lipinski definition) is 2. The van der Waals surface area contributed by atoms with E-state index in [1.54, 1.807) is 0 Å². The molecule has 4 nitrogen and oxygen atoms in total. The molecule has 0 unspecified atom stereocenters. The summed E-state index contributed by atoms with van der Waals surface area (Å²) in [6.07, 6.45) is 8.83. The molecule has 100 valence electrons. The minimum Gasteiger partial charge on any atom is -0.465 e. The summed E-state index contributed by atoms with van der Waals surface area (Å²) < 4.78 is 0. The van der Waals surface area contributed by atoms with Crippen LogP contribution in [-0.2, 0) is 0 Å². The van der Waals surface area contributed by atoms with E-state index in [9.17, 15) is 4.79 Å². The van der Waals surface area contributed by atoms with E-state index in [0.717, 1.165) is 25.7 Å². The van der Waals surface area contributed by atoms with Crippen molar-refractivity contribution in [3.05, 3.63) is 12.7 Å². The Morgan fingerprint density at radius 1 is 1.06 bits per heavy atom. The van der Waals surface area contributed by atoms with Crippen LogP contribution in [0, 0.1) is 0 Å². The molecule has 1 amide bonds. The topological polar surface area (TPSA) is 60.8 Å². The lowest BCUT2D eigenvalue weighted by molar-refractivity contribution is 0.131. The molecule has 0 rings (SSSR count). The van der Waals surface area contributed by atoms with Gasteiger partial charge in [0.15, 0.2) is 0 Å². The van der Waals surface area contributed by atoms with Crippen LogP contribution in [0.15, 0.2) is 12.7 Å². The summed E-state index contributed by atoms with van der Waals surface area (Å²) in [5.41, 5.74) is 0. The molecule has 0 bridgehead atoms. The molecule has 0 aliphatic carbocycles. The highest BCUT2D eigenvalue weighted by molar-refractivity contribution is 5.64. The monoisotopic (exact) mass is 243 g/mol. The van der Waals surface area contributed by atoms with E-state index in [-0.39, 0.29) is 13.2 Å². The van der Waals surface area contributed by atoms with Gasteiger partial charge in [-0.15, -0.1) is 6.58 Å². The predicted octanol–water partition coefficient (Wildman–Crippen LogP) is 2.88. The maximum absolute atomic E-state index is 10.7. The van der Waals surface area contributed by atoms with Gasteiger partial charge in [0.05, 0.1) is 6.61 Å². The Balaban J connectivity index is 3.36. The van der Waals surface area contributed by atoms with Crippen LogP contribution in [0.5, 0.6) is 0 Å². The lowest BCUT2D eigenvalue weighted by Gasteiger charge is -2.17. The third kappa shape index (κ3) is 9.87. The van der Waals surface area contributed by atoms with Crippen molar-refractivity contribution in [1.29, 1.82) is 0 Å². The van der Waals surface area contributed by atoms with Gasteiger partial charge in [0.2, 0.25) is 0 Å². The second-order valence-corrected chi connectivity index (χ2v) is 4.19. The fourth-order valence-corrected chi connectivity index (χ4v) is 1.72. The van der Waals surface area contributed by atoms with Crippen LogP contribution in [0.2, 0.25) is 0 Å². The van der Waals surface area contributed by atoms with Gasteiger partial charge in [-0.3, -0.25) is 0 Å². The van der Waals surface area contributed by atoms with Gasteiger partial charge in [-0.2, -0.15) is 0 Å². The van der Waals surface area contributed by atoms with Crippen LogP contribution in [-0.4, -0.2) is 40.9 Å². The minimum absolute atomic E-state index is 0.103. The Morgan fingerprint density at radius 2 is 1.65 bits per heavy atom. The van der Waals surface area contributed by atoms with Crippen molar-refractivity contribution >= 4 is 6.09 Å². The first-order chi connectivity index (χ1) is 8.22. The number of carbonyl (C=O) groups is 1. The maximum atomic E-state index is 10.7. The molecule has 0 aromatic heterocycles. The number of allylic oxidation sites excluding steroid dienone is 1. The van der Waals surface area contributed by atoms with Crippen LogP contribution in [0.4, 0.5) is 4.79 Å². The van der Waals surface area contributed by atoms with Crippen molar-refractivity contribution in [3.63, 3.8) is 0 Å². The van der Waals surface area contributed by atoms with E-state index in [1.165, 1.54) is 24.2 Å². The van der Waals surface area contributed by atoms with Crippen molar-refractivity contribution < 1.29 is 15.0 Å². The number of aliphatic hydroxyl groups excluding tert-OH is 1. The fourth-order valence-electron chi connectivity index (χ4n) is 1.72. The van der Waals surface area contributed by atoms with E-state index in [1.807, 2.05) is 6.08 Å². The molecule has 2 N–H and O–H groups in total. The smallest absolute Gasteiger partial charge is 0.407 e. The van der Waals surface area contributed by atoms with E-state index < -0.39 is 6.09 Å². The molecule has 4 heteroatoms. The normalized spacial score (nSPS) is 10.2. The highest BCUT2D eigenvalue weighted by Gasteiger charge is 2.09. The number of unbranched alkanes of at least 4 members (excludes halogenated alkanes) is 6. The fraction of sp³-hybridized carbons (Fsp3) is 0.769. The molecule has 0 aromatic carbocycles. The largest absolute Gasteiger partial charge is 0.465 e. The average molecular weight is 243 g/mol. The molecular weight excluding hydrogens is 218 g/mol. The molecule has 0 fully saturated rings. The minimum atomic E-state index is -0.940. The van der Waals surface area contributed by atoms with Crippen LogP contribution in [0.25, 0.3) is 0 Å². The Labute approximate surface area is 104 Å². The molecule has 0 spiro atoms. The summed E-state index contributed by atoms with van der Waals surface area (Å²) in [5.74, 6) is 0. The van der Waals surface area contributed by atoms with Gasteiger partial charge in [0, 0.05) is 13.1 Å². The number of aliphatic hydroxyl groups is 1.